The van der Waals surface area contributed by atoms with Crippen molar-refractivity contribution in [3.63, 3.8) is 0 Å². The van der Waals surface area contributed by atoms with E-state index in [-0.39, 0.29) is 11.9 Å². The van der Waals surface area contributed by atoms with Crippen molar-refractivity contribution in [2.24, 2.45) is 0 Å². The molecule has 0 bridgehead atoms. The predicted molar refractivity (Wildman–Crippen MR) is 105 cm³/mol. The molecule has 1 saturated heterocycles. The summed E-state index contributed by atoms with van der Waals surface area (Å²) in [6.45, 7) is 5.53. The van der Waals surface area contributed by atoms with Crippen molar-refractivity contribution in [1.29, 1.82) is 0 Å². The van der Waals surface area contributed by atoms with Gasteiger partial charge in [-0.15, -0.1) is 0 Å². The van der Waals surface area contributed by atoms with Crippen LogP contribution in [0.4, 0.5) is 11.4 Å². The number of methoxy groups -OCH3 is 1. The van der Waals surface area contributed by atoms with E-state index >= 15 is 0 Å². The van der Waals surface area contributed by atoms with Gasteiger partial charge in [0.25, 0.3) is 5.91 Å². The number of carbonyl (C=O) groups excluding carboxylic acids is 1. The molecule has 138 valence electrons. The van der Waals surface area contributed by atoms with Gasteiger partial charge in [-0.2, -0.15) is 0 Å². The lowest BCUT2D eigenvalue weighted by Crippen LogP contribution is -3.19. The zero-order valence-electron chi connectivity index (χ0n) is 15.2. The van der Waals surface area contributed by atoms with E-state index in [2.05, 4.69) is 10.2 Å². The van der Waals surface area contributed by atoms with Gasteiger partial charge in [-0.25, -0.2) is 0 Å². The van der Waals surface area contributed by atoms with Gasteiger partial charge in [-0.3, -0.25) is 4.79 Å². The Bertz CT molecular complexity index is 760. The Morgan fingerprint density at radius 2 is 1.81 bits per heavy atom. The van der Waals surface area contributed by atoms with Crippen molar-refractivity contribution in [3.8, 4) is 5.75 Å². The van der Waals surface area contributed by atoms with Gasteiger partial charge < -0.3 is 19.9 Å². The molecule has 0 saturated carbocycles. The second kappa shape index (κ2) is 8.43. The van der Waals surface area contributed by atoms with Crippen LogP contribution in [-0.2, 0) is 4.79 Å². The molecule has 1 heterocycles. The summed E-state index contributed by atoms with van der Waals surface area (Å²) in [5.74, 6) is 0.683. The Morgan fingerprint density at radius 3 is 2.50 bits per heavy atom. The highest BCUT2D eigenvalue weighted by molar-refractivity contribution is 6.33. The van der Waals surface area contributed by atoms with Gasteiger partial charge in [0.15, 0.2) is 6.04 Å². The zero-order chi connectivity index (χ0) is 18.5. The fraction of sp³-hybridized carbons (Fsp3) is 0.350. The number of nitrogens with one attached hydrogen (secondary N) is 2. The first-order valence-corrected chi connectivity index (χ1v) is 9.26. The largest absolute Gasteiger partial charge is 0.495 e. The average Bonchev–Trinajstić information content (AvgIpc) is 2.68. The van der Waals surface area contributed by atoms with Crippen molar-refractivity contribution < 1.29 is 14.4 Å². The van der Waals surface area contributed by atoms with Crippen LogP contribution in [0.25, 0.3) is 0 Å². The molecule has 0 unspecified atom stereocenters. The van der Waals surface area contributed by atoms with Crippen LogP contribution in [0.3, 0.4) is 0 Å². The van der Waals surface area contributed by atoms with Crippen LogP contribution in [0.15, 0.2) is 48.5 Å². The monoisotopic (exact) mass is 374 g/mol. The standard InChI is InChI=1S/C20H24ClN3O2/c1-15(20(25)22-17-8-4-6-10-19(17)26-2)23-11-13-24(14-12-23)18-9-5-3-7-16(18)21/h3-10,15H,11-14H2,1-2H3,(H,22,25)/p+1/t15-/m0/s1. The lowest BCUT2D eigenvalue weighted by molar-refractivity contribution is -0.914. The summed E-state index contributed by atoms with van der Waals surface area (Å²) in [5.41, 5.74) is 1.78. The molecule has 3 rings (SSSR count). The second-order valence-corrected chi connectivity index (χ2v) is 6.92. The molecule has 2 aromatic carbocycles. The van der Waals surface area contributed by atoms with E-state index in [1.54, 1.807) is 7.11 Å². The average molecular weight is 375 g/mol. The van der Waals surface area contributed by atoms with Gasteiger partial charge >= 0.3 is 0 Å². The maximum atomic E-state index is 12.7. The van der Waals surface area contributed by atoms with E-state index in [9.17, 15) is 4.79 Å². The number of quaternary nitrogens is 1. The third-order valence-electron chi connectivity index (χ3n) is 4.97. The molecule has 1 fully saturated rings. The van der Waals surface area contributed by atoms with Crippen LogP contribution in [0, 0.1) is 0 Å². The minimum Gasteiger partial charge on any atom is -0.495 e. The Balaban J connectivity index is 1.59. The first kappa shape index (κ1) is 18.5. The predicted octanol–water partition coefficient (Wildman–Crippen LogP) is 2.08. The van der Waals surface area contributed by atoms with Gasteiger partial charge in [-0.05, 0) is 31.2 Å². The Labute approximate surface area is 159 Å². The SMILES string of the molecule is COc1ccccc1NC(=O)[C@H](C)[NH+]1CCN(c2ccccc2Cl)CC1. The minimum absolute atomic E-state index is 0.00990. The molecule has 0 aromatic heterocycles. The normalized spacial score (nSPS) is 16.2. The number of ether oxygens (including phenoxy) is 1. The number of piperazine rings is 1. The molecular weight excluding hydrogens is 350 g/mol. The van der Waals surface area contributed by atoms with Gasteiger partial charge in [-0.1, -0.05) is 35.9 Å². The van der Waals surface area contributed by atoms with Gasteiger partial charge in [0.1, 0.15) is 5.75 Å². The number of nitrogens with zero attached hydrogens (tertiary/aromatic N) is 1. The summed E-state index contributed by atoms with van der Waals surface area (Å²) >= 11 is 6.30. The lowest BCUT2D eigenvalue weighted by Gasteiger charge is -2.36. The zero-order valence-corrected chi connectivity index (χ0v) is 15.9. The summed E-state index contributed by atoms with van der Waals surface area (Å²) in [6, 6.07) is 15.2. The first-order valence-electron chi connectivity index (χ1n) is 8.88. The van der Waals surface area contributed by atoms with Crippen LogP contribution in [0.2, 0.25) is 5.02 Å². The molecule has 2 aromatic rings. The molecular formula is C20H25ClN3O2+. The number of anilines is 2. The fourth-order valence-corrected chi connectivity index (χ4v) is 3.61. The maximum Gasteiger partial charge on any atom is 0.282 e. The first-order chi connectivity index (χ1) is 12.6. The van der Waals surface area contributed by atoms with E-state index in [0.717, 1.165) is 36.9 Å². The topological polar surface area (TPSA) is 46.0 Å². The number of hydrogen-bond donors (Lipinski definition) is 2. The lowest BCUT2D eigenvalue weighted by atomic mass is 10.2. The summed E-state index contributed by atoms with van der Waals surface area (Å²) in [6.07, 6.45) is 0. The molecule has 5 nitrogen and oxygen atoms in total. The molecule has 0 spiro atoms. The summed E-state index contributed by atoms with van der Waals surface area (Å²) in [5, 5.41) is 3.77. The number of benzene rings is 2. The van der Waals surface area contributed by atoms with E-state index in [1.807, 2.05) is 55.5 Å². The Kier molecular flexibility index (Phi) is 6.01. The molecule has 6 heteroatoms. The second-order valence-electron chi connectivity index (χ2n) is 6.51. The van der Waals surface area contributed by atoms with Crippen molar-refractivity contribution in [3.05, 3.63) is 53.6 Å². The molecule has 26 heavy (non-hydrogen) atoms. The molecule has 0 radical (unpaired) electrons. The molecule has 0 aliphatic carbocycles. The maximum absolute atomic E-state index is 12.7. The number of rotatable bonds is 5. The summed E-state index contributed by atoms with van der Waals surface area (Å²) < 4.78 is 5.30. The summed E-state index contributed by atoms with van der Waals surface area (Å²) in [4.78, 5) is 16.2. The number of carbonyl (C=O) groups is 1. The van der Waals surface area contributed by atoms with Gasteiger partial charge in [0.2, 0.25) is 0 Å². The summed E-state index contributed by atoms with van der Waals surface area (Å²) in [7, 11) is 1.60. The highest BCUT2D eigenvalue weighted by Gasteiger charge is 2.30. The highest BCUT2D eigenvalue weighted by Crippen LogP contribution is 2.25. The third kappa shape index (κ3) is 4.11. The molecule has 2 N–H and O–H groups in total. The van der Waals surface area contributed by atoms with Crippen LogP contribution in [0.5, 0.6) is 5.75 Å². The third-order valence-corrected chi connectivity index (χ3v) is 5.29. The van der Waals surface area contributed by atoms with Crippen LogP contribution >= 0.6 is 11.6 Å². The smallest absolute Gasteiger partial charge is 0.282 e. The molecule has 1 amide bonds. The minimum atomic E-state index is -0.131. The Hall–Kier alpha value is -2.24. The fourth-order valence-electron chi connectivity index (χ4n) is 3.35. The number of para-hydroxylation sites is 3. The van der Waals surface area contributed by atoms with Crippen LogP contribution in [0.1, 0.15) is 6.92 Å². The van der Waals surface area contributed by atoms with Crippen molar-refractivity contribution >= 4 is 28.9 Å². The van der Waals surface area contributed by atoms with Crippen molar-refractivity contribution in [2.45, 2.75) is 13.0 Å². The molecule has 1 aliphatic rings. The Morgan fingerprint density at radius 1 is 1.15 bits per heavy atom. The van der Waals surface area contributed by atoms with E-state index < -0.39 is 0 Å². The molecule has 1 aliphatic heterocycles. The van der Waals surface area contributed by atoms with Gasteiger partial charge in [0.05, 0.1) is 49.7 Å². The van der Waals surface area contributed by atoms with E-state index in [4.69, 9.17) is 16.3 Å². The van der Waals surface area contributed by atoms with E-state index in [1.165, 1.54) is 4.90 Å². The number of hydrogen-bond acceptors (Lipinski definition) is 3. The van der Waals surface area contributed by atoms with Crippen molar-refractivity contribution in [2.75, 3.05) is 43.5 Å². The van der Waals surface area contributed by atoms with Gasteiger partial charge in [0, 0.05) is 0 Å². The van der Waals surface area contributed by atoms with Crippen LogP contribution in [-0.4, -0.2) is 45.2 Å². The highest BCUT2D eigenvalue weighted by atomic mass is 35.5. The van der Waals surface area contributed by atoms with E-state index in [0.29, 0.717) is 11.4 Å². The molecule has 1 atom stereocenters. The quantitative estimate of drug-likeness (QED) is 0.842. The van der Waals surface area contributed by atoms with Crippen molar-refractivity contribution in [1.82, 2.24) is 0 Å². The number of amides is 1. The number of halogens is 1. The van der Waals surface area contributed by atoms with Crippen LogP contribution < -0.4 is 19.9 Å².